The third-order valence-corrected chi connectivity index (χ3v) is 2.74. The van der Waals surface area contributed by atoms with Gasteiger partial charge in [0.2, 0.25) is 0 Å². The first kappa shape index (κ1) is 12.0. The number of nitrogens with two attached hydrogens (primary N) is 1. The van der Waals surface area contributed by atoms with Crippen molar-refractivity contribution in [1.29, 1.82) is 0 Å². The van der Waals surface area contributed by atoms with Crippen LogP contribution in [0.3, 0.4) is 0 Å². The quantitative estimate of drug-likeness (QED) is 0.945. The molecule has 2 rings (SSSR count). The van der Waals surface area contributed by atoms with Crippen molar-refractivity contribution in [3.05, 3.63) is 46.2 Å². The molecule has 2 aromatic rings. The van der Waals surface area contributed by atoms with Gasteiger partial charge in [0.1, 0.15) is 5.75 Å². The number of hydrogen-bond donors (Lipinski definition) is 1. The minimum absolute atomic E-state index is 0.314. The second-order valence-corrected chi connectivity index (χ2v) is 4.46. The van der Waals surface area contributed by atoms with Gasteiger partial charge in [0, 0.05) is 17.2 Å². The topological polar surface area (TPSA) is 61.0 Å². The first-order valence-electron chi connectivity index (χ1n) is 5.15. The van der Waals surface area contributed by atoms with E-state index in [4.69, 9.17) is 10.5 Å². The first-order chi connectivity index (χ1) is 8.19. The second kappa shape index (κ2) is 5.25. The maximum atomic E-state index is 5.62. The van der Waals surface area contributed by atoms with Crippen molar-refractivity contribution in [2.45, 2.75) is 13.5 Å². The predicted octanol–water partition coefficient (Wildman–Crippen LogP) is 2.80. The summed E-state index contributed by atoms with van der Waals surface area (Å²) in [5.41, 5.74) is 7.29. The summed E-state index contributed by atoms with van der Waals surface area (Å²) >= 11 is 3.40. The summed E-state index contributed by atoms with van der Waals surface area (Å²) in [6, 6.07) is 7.88. The van der Waals surface area contributed by atoms with Gasteiger partial charge < -0.3 is 10.5 Å². The number of benzene rings is 1. The third kappa shape index (κ3) is 3.01. The standard InChI is InChI=1S/C12H12BrN3O/c1-8-2-3-9(13)6-11(8)17-12-15-5-4-10(7-14)16-12/h2-6H,7,14H2,1H3. The second-order valence-electron chi connectivity index (χ2n) is 3.55. The third-order valence-electron chi connectivity index (χ3n) is 2.25. The van der Waals surface area contributed by atoms with Gasteiger partial charge in [-0.25, -0.2) is 4.98 Å². The highest BCUT2D eigenvalue weighted by atomic mass is 79.9. The molecule has 0 aliphatic heterocycles. The first-order valence-corrected chi connectivity index (χ1v) is 5.94. The Labute approximate surface area is 108 Å². The lowest BCUT2D eigenvalue weighted by atomic mass is 10.2. The summed E-state index contributed by atoms with van der Waals surface area (Å²) in [5, 5.41) is 0. The molecule has 4 nitrogen and oxygen atoms in total. The van der Waals surface area contributed by atoms with Gasteiger partial charge in [0.05, 0.1) is 5.69 Å². The minimum atomic E-state index is 0.314. The zero-order valence-corrected chi connectivity index (χ0v) is 10.9. The number of hydrogen-bond acceptors (Lipinski definition) is 4. The summed E-state index contributed by atoms with van der Waals surface area (Å²) in [7, 11) is 0. The van der Waals surface area contributed by atoms with Crippen LogP contribution in [0.25, 0.3) is 0 Å². The van der Waals surface area contributed by atoms with E-state index >= 15 is 0 Å². The molecule has 1 aromatic carbocycles. The van der Waals surface area contributed by atoms with Crippen molar-refractivity contribution in [3.63, 3.8) is 0 Å². The molecule has 17 heavy (non-hydrogen) atoms. The number of ether oxygens (including phenoxy) is 1. The van der Waals surface area contributed by atoms with E-state index in [0.717, 1.165) is 21.5 Å². The van der Waals surface area contributed by atoms with Crippen molar-refractivity contribution in [2.24, 2.45) is 5.73 Å². The fourth-order valence-corrected chi connectivity index (χ4v) is 1.66. The van der Waals surface area contributed by atoms with Crippen molar-refractivity contribution < 1.29 is 4.74 Å². The predicted molar refractivity (Wildman–Crippen MR) is 68.9 cm³/mol. The van der Waals surface area contributed by atoms with Crippen LogP contribution in [-0.4, -0.2) is 9.97 Å². The molecule has 5 heteroatoms. The summed E-state index contributed by atoms with van der Waals surface area (Å²) < 4.78 is 6.58. The monoisotopic (exact) mass is 293 g/mol. The smallest absolute Gasteiger partial charge is 0.322 e. The van der Waals surface area contributed by atoms with Gasteiger partial charge in [0.25, 0.3) is 0 Å². The molecule has 0 saturated heterocycles. The van der Waals surface area contributed by atoms with E-state index in [-0.39, 0.29) is 0 Å². The summed E-state index contributed by atoms with van der Waals surface area (Å²) in [6.45, 7) is 2.34. The van der Waals surface area contributed by atoms with Crippen LogP contribution in [0.15, 0.2) is 34.9 Å². The maximum Gasteiger partial charge on any atom is 0.322 e. The SMILES string of the molecule is Cc1ccc(Br)cc1Oc1nccc(CN)n1. The van der Waals surface area contributed by atoms with Crippen LogP contribution >= 0.6 is 15.9 Å². The van der Waals surface area contributed by atoms with Crippen molar-refractivity contribution in [1.82, 2.24) is 9.97 Å². The van der Waals surface area contributed by atoms with E-state index in [2.05, 4.69) is 25.9 Å². The van der Waals surface area contributed by atoms with Gasteiger partial charge in [-0.3, -0.25) is 0 Å². The lowest BCUT2D eigenvalue weighted by molar-refractivity contribution is 0.436. The Morgan fingerprint density at radius 3 is 2.94 bits per heavy atom. The van der Waals surface area contributed by atoms with E-state index in [9.17, 15) is 0 Å². The Bertz CT molecular complexity index is 531. The van der Waals surface area contributed by atoms with E-state index in [1.54, 1.807) is 12.3 Å². The van der Waals surface area contributed by atoms with Crippen LogP contribution in [0.4, 0.5) is 0 Å². The van der Waals surface area contributed by atoms with Crippen LogP contribution in [0.2, 0.25) is 0 Å². The van der Waals surface area contributed by atoms with Crippen LogP contribution in [0, 0.1) is 6.92 Å². The average Bonchev–Trinajstić information content (AvgIpc) is 2.34. The zero-order chi connectivity index (χ0) is 12.3. The Kier molecular flexibility index (Phi) is 3.71. The number of nitrogens with zero attached hydrogens (tertiary/aromatic N) is 2. The Hall–Kier alpha value is -1.46. The molecule has 0 saturated carbocycles. The van der Waals surface area contributed by atoms with Crippen molar-refractivity contribution in [2.75, 3.05) is 0 Å². The average molecular weight is 294 g/mol. The molecule has 0 amide bonds. The molecular formula is C12H12BrN3O. The highest BCUT2D eigenvalue weighted by Crippen LogP contribution is 2.26. The molecule has 0 radical (unpaired) electrons. The van der Waals surface area contributed by atoms with Gasteiger partial charge in [-0.1, -0.05) is 22.0 Å². The summed E-state index contributed by atoms with van der Waals surface area (Å²) in [4.78, 5) is 8.23. The molecule has 0 aliphatic rings. The van der Waals surface area contributed by atoms with Crippen molar-refractivity contribution >= 4 is 15.9 Å². The Morgan fingerprint density at radius 2 is 2.18 bits per heavy atom. The zero-order valence-electron chi connectivity index (χ0n) is 9.35. The van der Waals surface area contributed by atoms with E-state index in [0.29, 0.717) is 12.6 Å². The minimum Gasteiger partial charge on any atom is -0.424 e. The molecule has 0 unspecified atom stereocenters. The summed E-state index contributed by atoms with van der Waals surface area (Å²) in [5.74, 6) is 0.730. The van der Waals surface area contributed by atoms with Gasteiger partial charge >= 0.3 is 6.01 Å². The fraction of sp³-hybridized carbons (Fsp3) is 0.167. The lowest BCUT2D eigenvalue weighted by Crippen LogP contribution is -2.02. The number of aryl methyl sites for hydroxylation is 1. The maximum absolute atomic E-state index is 5.62. The summed E-state index contributed by atoms with van der Waals surface area (Å²) in [6.07, 6.45) is 1.64. The van der Waals surface area contributed by atoms with E-state index in [1.807, 2.05) is 25.1 Å². The molecule has 1 aromatic heterocycles. The van der Waals surface area contributed by atoms with Gasteiger partial charge in [0.15, 0.2) is 0 Å². The highest BCUT2D eigenvalue weighted by molar-refractivity contribution is 9.10. The molecule has 2 N–H and O–H groups in total. The van der Waals surface area contributed by atoms with E-state index in [1.165, 1.54) is 0 Å². The van der Waals surface area contributed by atoms with Gasteiger partial charge in [-0.15, -0.1) is 0 Å². The van der Waals surface area contributed by atoms with Gasteiger partial charge in [-0.2, -0.15) is 4.98 Å². The van der Waals surface area contributed by atoms with Crippen LogP contribution in [0.5, 0.6) is 11.8 Å². The number of halogens is 1. The molecule has 0 fully saturated rings. The van der Waals surface area contributed by atoms with Crippen LogP contribution in [0.1, 0.15) is 11.3 Å². The Morgan fingerprint density at radius 1 is 1.35 bits per heavy atom. The molecular weight excluding hydrogens is 282 g/mol. The molecule has 1 heterocycles. The molecule has 0 atom stereocenters. The number of rotatable bonds is 3. The molecule has 0 spiro atoms. The van der Waals surface area contributed by atoms with Crippen LogP contribution in [-0.2, 0) is 6.54 Å². The highest BCUT2D eigenvalue weighted by Gasteiger charge is 2.05. The molecule has 88 valence electrons. The molecule has 0 aliphatic carbocycles. The lowest BCUT2D eigenvalue weighted by Gasteiger charge is -2.07. The van der Waals surface area contributed by atoms with Gasteiger partial charge in [-0.05, 0) is 30.7 Å². The molecule has 0 bridgehead atoms. The van der Waals surface area contributed by atoms with Crippen LogP contribution < -0.4 is 10.5 Å². The fourth-order valence-electron chi connectivity index (χ4n) is 1.32. The van der Waals surface area contributed by atoms with Crippen molar-refractivity contribution in [3.8, 4) is 11.8 Å². The normalized spacial score (nSPS) is 10.3. The Balaban J connectivity index is 2.27. The largest absolute Gasteiger partial charge is 0.424 e. The van der Waals surface area contributed by atoms with E-state index < -0.39 is 0 Å². The number of aromatic nitrogens is 2.